The molecule has 0 aromatic rings. The first-order valence-corrected chi connectivity index (χ1v) is 5.89. The normalized spacial score (nSPS) is 25.6. The molecule has 0 amide bonds. The van der Waals surface area contributed by atoms with E-state index >= 15 is 0 Å². The molecule has 2 unspecified atom stereocenters. The second-order valence-electron chi connectivity index (χ2n) is 4.24. The highest BCUT2D eigenvalue weighted by Crippen LogP contribution is 2.13. The zero-order valence-corrected chi connectivity index (χ0v) is 10.5. The molecule has 0 bridgehead atoms. The predicted octanol–water partition coefficient (Wildman–Crippen LogP) is 0.187. The molecule has 0 radical (unpaired) electrons. The van der Waals surface area contributed by atoms with Crippen molar-refractivity contribution in [2.24, 2.45) is 0 Å². The van der Waals surface area contributed by atoms with Crippen LogP contribution in [0.25, 0.3) is 0 Å². The van der Waals surface area contributed by atoms with E-state index in [1.165, 1.54) is 0 Å². The minimum absolute atomic E-state index is 0.00486. The Hall–Kier alpha value is -0.910. The number of nitrogens with zero attached hydrogens (tertiary/aromatic N) is 1. The Kier molecular flexibility index (Phi) is 5.61. The van der Waals surface area contributed by atoms with Crippen LogP contribution in [0.15, 0.2) is 12.2 Å². The van der Waals surface area contributed by atoms with E-state index in [9.17, 15) is 4.79 Å². The molecule has 0 spiro atoms. The van der Waals surface area contributed by atoms with Crippen molar-refractivity contribution in [1.29, 1.82) is 0 Å². The second-order valence-corrected chi connectivity index (χ2v) is 4.24. The number of carbonyl (C=O) groups excluding carboxylic acids is 1. The first-order valence-electron chi connectivity index (χ1n) is 5.89. The minimum Gasteiger partial charge on any atom is -0.463 e. The Morgan fingerprint density at radius 1 is 1.65 bits per heavy atom. The number of rotatable bonds is 5. The maximum absolute atomic E-state index is 11.4. The van der Waals surface area contributed by atoms with Gasteiger partial charge in [0.05, 0.1) is 25.9 Å². The van der Waals surface area contributed by atoms with Gasteiger partial charge >= 0.3 is 5.97 Å². The summed E-state index contributed by atoms with van der Waals surface area (Å²) in [5.74, 6) is -0.355. The number of ether oxygens (including phenoxy) is 2. The number of aliphatic hydroxyl groups excluding tert-OH is 1. The first kappa shape index (κ1) is 14.2. The van der Waals surface area contributed by atoms with E-state index < -0.39 is 0 Å². The zero-order chi connectivity index (χ0) is 12.8. The SMILES string of the molecule is C=C(CN1CC(CO)OCC1C)C(=O)OCC. The van der Waals surface area contributed by atoms with E-state index in [1.54, 1.807) is 6.92 Å². The largest absolute Gasteiger partial charge is 0.463 e. The van der Waals surface area contributed by atoms with Crippen molar-refractivity contribution < 1.29 is 19.4 Å². The number of esters is 1. The smallest absolute Gasteiger partial charge is 0.334 e. The first-order chi connectivity index (χ1) is 8.08. The summed E-state index contributed by atoms with van der Waals surface area (Å²) in [6, 6.07) is 0.212. The van der Waals surface area contributed by atoms with Gasteiger partial charge in [0.25, 0.3) is 0 Å². The van der Waals surface area contributed by atoms with Crippen molar-refractivity contribution in [3.8, 4) is 0 Å². The monoisotopic (exact) mass is 243 g/mol. The van der Waals surface area contributed by atoms with E-state index in [2.05, 4.69) is 11.5 Å². The van der Waals surface area contributed by atoms with E-state index in [4.69, 9.17) is 14.6 Å². The zero-order valence-electron chi connectivity index (χ0n) is 10.5. The van der Waals surface area contributed by atoms with Crippen LogP contribution in [-0.2, 0) is 14.3 Å². The summed E-state index contributed by atoms with van der Waals surface area (Å²) >= 11 is 0. The van der Waals surface area contributed by atoms with Crippen LogP contribution < -0.4 is 0 Å². The molecule has 0 aromatic carbocycles. The summed E-state index contributed by atoms with van der Waals surface area (Å²) in [6.45, 7) is 9.50. The summed E-state index contributed by atoms with van der Waals surface area (Å²) in [7, 11) is 0. The fourth-order valence-electron chi connectivity index (χ4n) is 1.75. The molecule has 1 fully saturated rings. The van der Waals surface area contributed by atoms with Crippen LogP contribution in [0.3, 0.4) is 0 Å². The van der Waals surface area contributed by atoms with Gasteiger partial charge < -0.3 is 14.6 Å². The predicted molar refractivity (Wildman–Crippen MR) is 63.6 cm³/mol. The van der Waals surface area contributed by atoms with Crippen molar-refractivity contribution in [3.05, 3.63) is 12.2 Å². The lowest BCUT2D eigenvalue weighted by atomic mass is 10.1. The molecule has 5 heteroatoms. The summed E-state index contributed by atoms with van der Waals surface area (Å²) < 4.78 is 10.3. The fraction of sp³-hybridized carbons (Fsp3) is 0.750. The number of morpholine rings is 1. The Morgan fingerprint density at radius 3 is 2.94 bits per heavy atom. The lowest BCUT2D eigenvalue weighted by Crippen LogP contribution is -2.50. The maximum Gasteiger partial charge on any atom is 0.334 e. The second kappa shape index (κ2) is 6.74. The molecule has 1 aliphatic heterocycles. The molecule has 1 rings (SSSR count). The molecule has 98 valence electrons. The average Bonchev–Trinajstić information content (AvgIpc) is 2.32. The van der Waals surface area contributed by atoms with Gasteiger partial charge in [0, 0.05) is 24.7 Å². The van der Waals surface area contributed by atoms with Crippen LogP contribution in [0.4, 0.5) is 0 Å². The molecule has 0 saturated carbocycles. The highest BCUT2D eigenvalue weighted by atomic mass is 16.5. The van der Waals surface area contributed by atoms with Gasteiger partial charge in [-0.15, -0.1) is 0 Å². The van der Waals surface area contributed by atoms with Crippen LogP contribution in [0.2, 0.25) is 0 Å². The number of carbonyl (C=O) groups is 1. The van der Waals surface area contributed by atoms with Gasteiger partial charge in [0.2, 0.25) is 0 Å². The van der Waals surface area contributed by atoms with Crippen LogP contribution in [0.5, 0.6) is 0 Å². The number of hydrogen-bond donors (Lipinski definition) is 1. The summed E-state index contributed by atoms with van der Waals surface area (Å²) in [5.41, 5.74) is 0.442. The van der Waals surface area contributed by atoms with Crippen molar-refractivity contribution in [3.63, 3.8) is 0 Å². The topological polar surface area (TPSA) is 59.0 Å². The fourth-order valence-corrected chi connectivity index (χ4v) is 1.75. The van der Waals surface area contributed by atoms with Gasteiger partial charge in [-0.25, -0.2) is 4.79 Å². The Balaban J connectivity index is 2.48. The van der Waals surface area contributed by atoms with Gasteiger partial charge in [-0.05, 0) is 13.8 Å². The summed E-state index contributed by atoms with van der Waals surface area (Å²) in [6.07, 6.45) is -0.179. The Morgan fingerprint density at radius 2 is 2.35 bits per heavy atom. The van der Waals surface area contributed by atoms with E-state index in [0.29, 0.717) is 31.9 Å². The molecular formula is C12H21NO4. The third kappa shape index (κ3) is 4.11. The van der Waals surface area contributed by atoms with Gasteiger partial charge in [-0.1, -0.05) is 6.58 Å². The summed E-state index contributed by atoms with van der Waals surface area (Å²) in [5, 5.41) is 9.06. The highest BCUT2D eigenvalue weighted by molar-refractivity contribution is 5.88. The van der Waals surface area contributed by atoms with Crippen molar-refractivity contribution in [1.82, 2.24) is 4.90 Å². The van der Waals surface area contributed by atoms with Crippen molar-refractivity contribution in [2.45, 2.75) is 26.0 Å². The molecule has 1 N–H and O–H groups in total. The average molecular weight is 243 g/mol. The molecule has 1 aliphatic rings. The van der Waals surface area contributed by atoms with Crippen LogP contribution >= 0.6 is 0 Å². The van der Waals surface area contributed by atoms with Crippen LogP contribution in [0.1, 0.15) is 13.8 Å². The molecule has 5 nitrogen and oxygen atoms in total. The molecule has 0 aromatic heterocycles. The lowest BCUT2D eigenvalue weighted by Gasteiger charge is -2.37. The van der Waals surface area contributed by atoms with Crippen LogP contribution in [-0.4, -0.2) is 61.0 Å². The van der Waals surface area contributed by atoms with Gasteiger partial charge in [-0.3, -0.25) is 4.90 Å². The number of aliphatic hydroxyl groups is 1. The molecule has 1 saturated heterocycles. The third-order valence-electron chi connectivity index (χ3n) is 2.80. The molecule has 2 atom stereocenters. The third-order valence-corrected chi connectivity index (χ3v) is 2.80. The van der Waals surface area contributed by atoms with E-state index in [0.717, 1.165) is 0 Å². The van der Waals surface area contributed by atoms with Gasteiger partial charge in [0.1, 0.15) is 0 Å². The van der Waals surface area contributed by atoms with E-state index in [1.807, 2.05) is 6.92 Å². The Labute approximate surface area is 102 Å². The minimum atomic E-state index is -0.355. The van der Waals surface area contributed by atoms with Crippen molar-refractivity contribution >= 4 is 5.97 Å². The molecule has 17 heavy (non-hydrogen) atoms. The van der Waals surface area contributed by atoms with Gasteiger partial charge in [-0.2, -0.15) is 0 Å². The highest BCUT2D eigenvalue weighted by Gasteiger charge is 2.27. The maximum atomic E-state index is 11.4. The van der Waals surface area contributed by atoms with Crippen molar-refractivity contribution in [2.75, 3.05) is 32.9 Å². The number of hydrogen-bond acceptors (Lipinski definition) is 5. The molecule has 0 aliphatic carbocycles. The Bertz CT molecular complexity index is 280. The summed E-state index contributed by atoms with van der Waals surface area (Å²) in [4.78, 5) is 13.5. The molecule has 1 heterocycles. The van der Waals surface area contributed by atoms with Gasteiger partial charge in [0.15, 0.2) is 0 Å². The van der Waals surface area contributed by atoms with E-state index in [-0.39, 0.29) is 24.7 Å². The quantitative estimate of drug-likeness (QED) is 0.551. The lowest BCUT2D eigenvalue weighted by molar-refractivity contribution is -0.139. The molecular weight excluding hydrogens is 222 g/mol. The standard InChI is InChI=1S/C12H21NO4/c1-4-16-12(15)9(2)5-13-6-11(7-14)17-8-10(13)3/h10-11,14H,2,4-8H2,1,3H3. The van der Waals surface area contributed by atoms with Crippen LogP contribution in [0, 0.1) is 0 Å².